The van der Waals surface area contributed by atoms with E-state index in [2.05, 4.69) is 15.3 Å². The van der Waals surface area contributed by atoms with Gasteiger partial charge in [-0.1, -0.05) is 0 Å². The minimum absolute atomic E-state index is 0.0139. The van der Waals surface area contributed by atoms with Crippen molar-refractivity contribution in [2.24, 2.45) is 0 Å². The number of hydrogen-bond donors (Lipinski definition) is 1. The molecule has 0 aliphatic carbocycles. The molecule has 0 amide bonds. The predicted molar refractivity (Wildman–Crippen MR) is 55.7 cm³/mol. The number of hydrogen-bond acceptors (Lipinski definition) is 3. The minimum Gasteiger partial charge on any atom is -0.366 e. The molecule has 0 radical (unpaired) electrons. The minimum atomic E-state index is -0.692. The summed E-state index contributed by atoms with van der Waals surface area (Å²) in [5, 5.41) is 2.67. The quantitative estimate of drug-likeness (QED) is 0.836. The van der Waals surface area contributed by atoms with Gasteiger partial charge >= 0.3 is 0 Å². The van der Waals surface area contributed by atoms with Crippen molar-refractivity contribution in [3.05, 3.63) is 53.7 Å². The highest BCUT2D eigenvalue weighted by atomic mass is 19.1. The van der Waals surface area contributed by atoms with Crippen LogP contribution in [0.15, 0.2) is 30.6 Å². The molecule has 1 aromatic heterocycles. The maximum atomic E-state index is 13.2. The highest BCUT2D eigenvalue weighted by Crippen LogP contribution is 2.12. The second-order valence-corrected chi connectivity index (χ2v) is 3.32. The largest absolute Gasteiger partial charge is 0.366 e. The van der Waals surface area contributed by atoms with Gasteiger partial charge in [0.2, 0.25) is 5.95 Å². The van der Waals surface area contributed by atoms with Gasteiger partial charge in [0, 0.05) is 18.2 Å². The predicted octanol–water partition coefficient (Wildman–Crippen LogP) is 2.51. The van der Waals surface area contributed by atoms with Crippen molar-refractivity contribution in [2.45, 2.75) is 6.54 Å². The Balaban J connectivity index is 2.09. The molecule has 0 bridgehead atoms. The fraction of sp³-hybridized carbons (Fsp3) is 0.0909. The summed E-state index contributed by atoms with van der Waals surface area (Å²) >= 11 is 0. The SMILES string of the molecule is Fc1ccc(F)c(CNc2cc(F)ncn2)c1. The number of aromatic nitrogens is 2. The van der Waals surface area contributed by atoms with Gasteiger partial charge in [0.1, 0.15) is 23.8 Å². The van der Waals surface area contributed by atoms with E-state index >= 15 is 0 Å². The monoisotopic (exact) mass is 239 g/mol. The summed E-state index contributed by atoms with van der Waals surface area (Å²) in [7, 11) is 0. The van der Waals surface area contributed by atoms with Gasteiger partial charge in [0.15, 0.2) is 0 Å². The molecule has 0 saturated carbocycles. The fourth-order valence-electron chi connectivity index (χ4n) is 1.29. The molecule has 0 aliphatic rings. The Bertz CT molecular complexity index is 531. The van der Waals surface area contributed by atoms with Crippen molar-refractivity contribution in [3.63, 3.8) is 0 Å². The van der Waals surface area contributed by atoms with Crippen molar-refractivity contribution < 1.29 is 13.2 Å². The van der Waals surface area contributed by atoms with E-state index in [4.69, 9.17) is 0 Å². The summed E-state index contributed by atoms with van der Waals surface area (Å²) in [4.78, 5) is 7.00. The molecule has 0 aliphatic heterocycles. The van der Waals surface area contributed by atoms with Crippen molar-refractivity contribution in [2.75, 3.05) is 5.32 Å². The summed E-state index contributed by atoms with van der Waals surface area (Å²) < 4.78 is 38.8. The molecule has 0 atom stereocenters. The smallest absolute Gasteiger partial charge is 0.217 e. The summed E-state index contributed by atoms with van der Waals surface area (Å²) in [6, 6.07) is 4.20. The zero-order valence-electron chi connectivity index (χ0n) is 8.62. The molecule has 2 aromatic rings. The van der Waals surface area contributed by atoms with Gasteiger partial charge in [-0.15, -0.1) is 0 Å². The van der Waals surface area contributed by atoms with E-state index in [1.807, 2.05) is 0 Å². The van der Waals surface area contributed by atoms with Gasteiger partial charge in [-0.05, 0) is 18.2 Å². The molecule has 6 heteroatoms. The second kappa shape index (κ2) is 4.82. The molecule has 3 nitrogen and oxygen atoms in total. The maximum Gasteiger partial charge on any atom is 0.217 e. The van der Waals surface area contributed by atoms with Gasteiger partial charge in [0.25, 0.3) is 0 Å². The Morgan fingerprint density at radius 2 is 1.88 bits per heavy atom. The lowest BCUT2D eigenvalue weighted by Crippen LogP contribution is -2.04. The molecule has 1 aromatic carbocycles. The van der Waals surface area contributed by atoms with Crippen LogP contribution in [0.3, 0.4) is 0 Å². The standard InChI is InChI=1S/C11H8F3N3/c12-8-1-2-9(13)7(3-8)5-15-11-4-10(14)16-6-17-11/h1-4,6H,5H2,(H,15,16,17). The van der Waals surface area contributed by atoms with Gasteiger partial charge in [-0.3, -0.25) is 0 Å². The van der Waals surface area contributed by atoms with Gasteiger partial charge in [0.05, 0.1) is 0 Å². The summed E-state index contributed by atoms with van der Waals surface area (Å²) in [5.41, 5.74) is 0.143. The van der Waals surface area contributed by atoms with E-state index in [-0.39, 0.29) is 17.9 Å². The lowest BCUT2D eigenvalue weighted by molar-refractivity contribution is 0.579. The van der Waals surface area contributed by atoms with Crippen LogP contribution in [-0.4, -0.2) is 9.97 Å². The van der Waals surface area contributed by atoms with E-state index < -0.39 is 17.6 Å². The summed E-state index contributed by atoms with van der Waals surface area (Å²) in [6.45, 7) is 0.0139. The van der Waals surface area contributed by atoms with Crippen molar-refractivity contribution in [3.8, 4) is 0 Å². The molecular formula is C11H8F3N3. The molecule has 17 heavy (non-hydrogen) atoms. The topological polar surface area (TPSA) is 37.8 Å². The zero-order valence-corrected chi connectivity index (χ0v) is 8.62. The van der Waals surface area contributed by atoms with E-state index in [1.165, 1.54) is 0 Å². The Labute approximate surface area is 95.3 Å². The first-order chi connectivity index (χ1) is 8.15. The van der Waals surface area contributed by atoms with Crippen LogP contribution in [0.5, 0.6) is 0 Å². The summed E-state index contributed by atoms with van der Waals surface area (Å²) in [6.07, 6.45) is 1.04. The fourth-order valence-corrected chi connectivity index (χ4v) is 1.29. The molecule has 2 rings (SSSR count). The van der Waals surface area contributed by atoms with E-state index in [1.54, 1.807) is 0 Å². The van der Waals surface area contributed by atoms with Crippen molar-refractivity contribution >= 4 is 5.82 Å². The normalized spacial score (nSPS) is 10.3. The molecule has 0 saturated heterocycles. The zero-order chi connectivity index (χ0) is 12.3. The van der Waals surface area contributed by atoms with E-state index in [0.29, 0.717) is 0 Å². The summed E-state index contributed by atoms with van der Waals surface area (Å²) in [5.74, 6) is -1.55. The molecule has 0 unspecified atom stereocenters. The molecule has 0 fully saturated rings. The van der Waals surface area contributed by atoms with Crippen molar-refractivity contribution in [1.82, 2.24) is 9.97 Å². The van der Waals surface area contributed by atoms with Crippen LogP contribution >= 0.6 is 0 Å². The Morgan fingerprint density at radius 3 is 2.65 bits per heavy atom. The first-order valence-electron chi connectivity index (χ1n) is 4.80. The first-order valence-corrected chi connectivity index (χ1v) is 4.80. The van der Waals surface area contributed by atoms with Crippen LogP contribution in [0.1, 0.15) is 5.56 Å². The maximum absolute atomic E-state index is 13.2. The van der Waals surface area contributed by atoms with Crippen LogP contribution in [0.4, 0.5) is 19.0 Å². The molecule has 88 valence electrons. The molecule has 0 spiro atoms. The lowest BCUT2D eigenvalue weighted by atomic mass is 10.2. The third-order valence-electron chi connectivity index (χ3n) is 2.10. The van der Waals surface area contributed by atoms with Gasteiger partial charge in [-0.25, -0.2) is 18.7 Å². The Kier molecular flexibility index (Phi) is 3.22. The van der Waals surface area contributed by atoms with Crippen LogP contribution < -0.4 is 5.32 Å². The first kappa shape index (κ1) is 11.4. The van der Waals surface area contributed by atoms with Gasteiger partial charge < -0.3 is 5.32 Å². The second-order valence-electron chi connectivity index (χ2n) is 3.32. The molecule has 1 heterocycles. The van der Waals surface area contributed by atoms with Crippen LogP contribution in [0.2, 0.25) is 0 Å². The van der Waals surface area contributed by atoms with E-state index in [0.717, 1.165) is 30.6 Å². The lowest BCUT2D eigenvalue weighted by Gasteiger charge is -2.06. The highest BCUT2D eigenvalue weighted by Gasteiger charge is 2.04. The number of anilines is 1. The Hall–Kier alpha value is -2.11. The number of nitrogens with one attached hydrogen (secondary N) is 1. The third kappa shape index (κ3) is 2.93. The number of nitrogens with zero attached hydrogens (tertiary/aromatic N) is 2. The van der Waals surface area contributed by atoms with Crippen LogP contribution in [-0.2, 0) is 6.54 Å². The third-order valence-corrected chi connectivity index (χ3v) is 2.10. The van der Waals surface area contributed by atoms with Gasteiger partial charge in [-0.2, -0.15) is 4.39 Å². The van der Waals surface area contributed by atoms with Crippen LogP contribution in [0, 0.1) is 17.6 Å². The highest BCUT2D eigenvalue weighted by molar-refractivity contribution is 5.34. The number of benzene rings is 1. The average Bonchev–Trinajstić information content (AvgIpc) is 2.30. The van der Waals surface area contributed by atoms with E-state index in [9.17, 15) is 13.2 Å². The number of rotatable bonds is 3. The van der Waals surface area contributed by atoms with Crippen LogP contribution in [0.25, 0.3) is 0 Å². The molecular weight excluding hydrogens is 231 g/mol. The molecule has 1 N–H and O–H groups in total. The van der Waals surface area contributed by atoms with Crippen molar-refractivity contribution in [1.29, 1.82) is 0 Å². The average molecular weight is 239 g/mol. The Morgan fingerprint density at radius 1 is 1.06 bits per heavy atom. The number of halogens is 3.